The number of hydrogen-bond donors (Lipinski definition) is 2. The van der Waals surface area contributed by atoms with E-state index < -0.39 is 11.9 Å². The number of aliphatic carboxylic acids is 1. The van der Waals surface area contributed by atoms with Gasteiger partial charge in [0.15, 0.2) is 6.29 Å². The molecule has 0 aromatic rings. The summed E-state index contributed by atoms with van der Waals surface area (Å²) >= 11 is 0. The highest BCUT2D eigenvalue weighted by atomic mass is 16.8. The molecule has 20 heavy (non-hydrogen) atoms. The van der Waals surface area contributed by atoms with Crippen molar-refractivity contribution in [3.05, 3.63) is 0 Å². The van der Waals surface area contributed by atoms with Crippen molar-refractivity contribution < 1.29 is 19.5 Å². The van der Waals surface area contributed by atoms with Gasteiger partial charge in [0.2, 0.25) is 0 Å². The second kappa shape index (κ2) is 8.60. The van der Waals surface area contributed by atoms with E-state index in [1.807, 2.05) is 27.7 Å². The SMILES string of the molecule is CC(C)C[C@@H](C(=O)O)[C@@H](NOC1CCCCO1)C(C)C. The van der Waals surface area contributed by atoms with Crippen LogP contribution in [0, 0.1) is 17.8 Å². The van der Waals surface area contributed by atoms with Gasteiger partial charge in [-0.15, -0.1) is 0 Å². The predicted octanol–water partition coefficient (Wildman–Crippen LogP) is 2.81. The molecule has 1 unspecified atom stereocenters. The molecule has 5 nitrogen and oxygen atoms in total. The normalized spacial score (nSPS) is 23.0. The van der Waals surface area contributed by atoms with Crippen LogP contribution in [-0.2, 0) is 14.4 Å². The van der Waals surface area contributed by atoms with E-state index in [4.69, 9.17) is 9.57 Å². The minimum Gasteiger partial charge on any atom is -0.481 e. The Balaban J connectivity index is 2.58. The van der Waals surface area contributed by atoms with Gasteiger partial charge in [-0.1, -0.05) is 27.7 Å². The van der Waals surface area contributed by atoms with E-state index in [1.165, 1.54) is 0 Å². The Morgan fingerprint density at radius 3 is 2.50 bits per heavy atom. The first-order valence-corrected chi connectivity index (χ1v) is 7.67. The smallest absolute Gasteiger partial charge is 0.308 e. The fourth-order valence-electron chi connectivity index (χ4n) is 2.55. The van der Waals surface area contributed by atoms with Crippen molar-refractivity contribution in [3.8, 4) is 0 Å². The third kappa shape index (κ3) is 5.77. The van der Waals surface area contributed by atoms with Crippen molar-refractivity contribution in [2.45, 2.75) is 65.7 Å². The van der Waals surface area contributed by atoms with Crippen LogP contribution in [0.1, 0.15) is 53.4 Å². The molecule has 3 atom stereocenters. The molecule has 1 aliphatic rings. The van der Waals surface area contributed by atoms with E-state index in [1.54, 1.807) is 0 Å². The Bertz CT molecular complexity index is 288. The molecule has 118 valence electrons. The van der Waals surface area contributed by atoms with Crippen LogP contribution in [0.25, 0.3) is 0 Å². The number of rotatable bonds is 8. The topological polar surface area (TPSA) is 67.8 Å². The van der Waals surface area contributed by atoms with Crippen LogP contribution in [0.15, 0.2) is 0 Å². The number of hydroxylamine groups is 1. The average molecular weight is 287 g/mol. The van der Waals surface area contributed by atoms with Crippen molar-refractivity contribution in [3.63, 3.8) is 0 Å². The maximum atomic E-state index is 11.5. The van der Waals surface area contributed by atoms with Crippen molar-refractivity contribution in [1.29, 1.82) is 0 Å². The zero-order chi connectivity index (χ0) is 15.1. The number of carboxylic acid groups (broad SMARTS) is 1. The second-order valence-electron chi connectivity index (χ2n) is 6.38. The molecule has 0 amide bonds. The number of hydrogen-bond acceptors (Lipinski definition) is 4. The Hall–Kier alpha value is -0.650. The molecular weight excluding hydrogens is 258 g/mol. The van der Waals surface area contributed by atoms with E-state index in [9.17, 15) is 9.90 Å². The first kappa shape index (κ1) is 17.4. The molecule has 0 spiro atoms. The zero-order valence-electron chi connectivity index (χ0n) is 13.1. The van der Waals surface area contributed by atoms with Crippen LogP contribution in [-0.4, -0.2) is 30.0 Å². The van der Waals surface area contributed by atoms with Gasteiger partial charge < -0.3 is 9.84 Å². The van der Waals surface area contributed by atoms with Crippen LogP contribution >= 0.6 is 0 Å². The Morgan fingerprint density at radius 2 is 2.05 bits per heavy atom. The number of carbonyl (C=O) groups is 1. The monoisotopic (exact) mass is 287 g/mol. The maximum absolute atomic E-state index is 11.5. The van der Waals surface area contributed by atoms with E-state index in [-0.39, 0.29) is 18.2 Å². The summed E-state index contributed by atoms with van der Waals surface area (Å²) in [5.41, 5.74) is 2.97. The molecule has 0 aromatic heterocycles. The quantitative estimate of drug-likeness (QED) is 0.672. The lowest BCUT2D eigenvalue weighted by molar-refractivity contribution is -0.210. The average Bonchev–Trinajstić information content (AvgIpc) is 2.38. The molecular formula is C15H29NO4. The lowest BCUT2D eigenvalue weighted by Gasteiger charge is -2.31. The highest BCUT2D eigenvalue weighted by Gasteiger charge is 2.32. The van der Waals surface area contributed by atoms with Gasteiger partial charge >= 0.3 is 5.97 Å². The van der Waals surface area contributed by atoms with Gasteiger partial charge in [0.1, 0.15) is 0 Å². The molecule has 0 radical (unpaired) electrons. The summed E-state index contributed by atoms with van der Waals surface area (Å²) in [4.78, 5) is 17.1. The van der Waals surface area contributed by atoms with E-state index in [2.05, 4.69) is 5.48 Å². The minimum absolute atomic E-state index is 0.179. The number of nitrogens with one attached hydrogen (secondary N) is 1. The van der Waals surface area contributed by atoms with Crippen LogP contribution < -0.4 is 5.48 Å². The maximum Gasteiger partial charge on any atom is 0.308 e. The molecule has 0 saturated carbocycles. The van der Waals surface area contributed by atoms with Gasteiger partial charge in [0, 0.05) is 19.1 Å². The van der Waals surface area contributed by atoms with Crippen molar-refractivity contribution in [2.24, 2.45) is 17.8 Å². The molecule has 0 aromatic carbocycles. The lowest BCUT2D eigenvalue weighted by atomic mass is 9.85. The van der Waals surface area contributed by atoms with Gasteiger partial charge in [-0.25, -0.2) is 0 Å². The third-order valence-corrected chi connectivity index (χ3v) is 3.67. The lowest BCUT2D eigenvalue weighted by Crippen LogP contribution is -2.46. The Kier molecular flexibility index (Phi) is 7.48. The highest BCUT2D eigenvalue weighted by Crippen LogP contribution is 2.22. The fourth-order valence-corrected chi connectivity index (χ4v) is 2.55. The van der Waals surface area contributed by atoms with E-state index >= 15 is 0 Å². The Morgan fingerprint density at radius 1 is 1.35 bits per heavy atom. The standard InChI is InChI=1S/C15H29NO4/c1-10(2)9-12(15(17)18)14(11(3)4)16-20-13-7-5-6-8-19-13/h10-14,16H,5-9H2,1-4H3,(H,17,18)/t12-,13?,14+/m1/s1. The fraction of sp³-hybridized carbons (Fsp3) is 0.933. The summed E-state index contributed by atoms with van der Waals surface area (Å²) < 4.78 is 5.50. The molecule has 1 heterocycles. The molecule has 1 rings (SSSR count). The second-order valence-corrected chi connectivity index (χ2v) is 6.38. The van der Waals surface area contributed by atoms with Crippen LogP contribution in [0.2, 0.25) is 0 Å². The van der Waals surface area contributed by atoms with Gasteiger partial charge in [-0.05, 0) is 31.1 Å². The molecule has 5 heteroatoms. The number of carboxylic acids is 1. The predicted molar refractivity (Wildman–Crippen MR) is 77.0 cm³/mol. The van der Waals surface area contributed by atoms with Crippen molar-refractivity contribution in [1.82, 2.24) is 5.48 Å². The summed E-state index contributed by atoms with van der Waals surface area (Å²) in [6, 6.07) is -0.208. The van der Waals surface area contributed by atoms with Crippen molar-refractivity contribution in [2.75, 3.05) is 6.61 Å². The summed E-state index contributed by atoms with van der Waals surface area (Å²) in [7, 11) is 0. The zero-order valence-corrected chi connectivity index (χ0v) is 13.1. The summed E-state index contributed by atoms with van der Waals surface area (Å²) in [5, 5.41) is 9.45. The minimum atomic E-state index is -0.766. The van der Waals surface area contributed by atoms with Crippen molar-refractivity contribution >= 4 is 5.97 Å². The molecule has 2 N–H and O–H groups in total. The molecule has 1 fully saturated rings. The molecule has 0 aliphatic carbocycles. The summed E-state index contributed by atoms with van der Waals surface area (Å²) in [6.07, 6.45) is 3.41. The largest absolute Gasteiger partial charge is 0.481 e. The summed E-state index contributed by atoms with van der Waals surface area (Å²) in [5.74, 6) is -0.694. The van der Waals surface area contributed by atoms with E-state index in [0.717, 1.165) is 19.3 Å². The van der Waals surface area contributed by atoms with Gasteiger partial charge in [0.05, 0.1) is 5.92 Å². The summed E-state index contributed by atoms with van der Waals surface area (Å²) in [6.45, 7) is 8.82. The van der Waals surface area contributed by atoms with Crippen LogP contribution in [0.4, 0.5) is 0 Å². The first-order chi connectivity index (χ1) is 9.41. The van der Waals surface area contributed by atoms with Gasteiger partial charge in [-0.2, -0.15) is 5.48 Å². The van der Waals surface area contributed by atoms with Crippen LogP contribution in [0.3, 0.4) is 0 Å². The third-order valence-electron chi connectivity index (χ3n) is 3.67. The Labute approximate surface area is 122 Å². The molecule has 1 aliphatic heterocycles. The van der Waals surface area contributed by atoms with Gasteiger partial charge in [-0.3, -0.25) is 9.63 Å². The molecule has 1 saturated heterocycles. The van der Waals surface area contributed by atoms with Gasteiger partial charge in [0.25, 0.3) is 0 Å². The highest BCUT2D eigenvalue weighted by molar-refractivity contribution is 5.70. The first-order valence-electron chi connectivity index (χ1n) is 7.67. The van der Waals surface area contributed by atoms with E-state index in [0.29, 0.717) is 18.9 Å². The molecule has 0 bridgehead atoms. The van der Waals surface area contributed by atoms with Crippen LogP contribution in [0.5, 0.6) is 0 Å². The number of ether oxygens (including phenoxy) is 1.